The normalized spacial score (nSPS) is 19.5. The van der Waals surface area contributed by atoms with Crippen LogP contribution in [0.4, 0.5) is 0 Å². The molecule has 20 heavy (non-hydrogen) atoms. The topological polar surface area (TPSA) is 21.3 Å². The Morgan fingerprint density at radius 2 is 2.00 bits per heavy atom. The largest absolute Gasteiger partial charge is 0.493 e. The lowest BCUT2D eigenvalue weighted by Gasteiger charge is -2.26. The molecule has 1 heterocycles. The summed E-state index contributed by atoms with van der Waals surface area (Å²) in [7, 11) is 0. The minimum atomic E-state index is 0.687. The molecule has 2 rings (SSSR count). The third-order valence-electron chi connectivity index (χ3n) is 4.14. The highest BCUT2D eigenvalue weighted by Crippen LogP contribution is 2.36. The molecule has 0 aliphatic carbocycles. The predicted octanol–water partition coefficient (Wildman–Crippen LogP) is 4.21. The second kappa shape index (κ2) is 7.68. The Hall–Kier alpha value is -1.02. The van der Waals surface area contributed by atoms with Crippen LogP contribution in [-0.2, 0) is 0 Å². The van der Waals surface area contributed by atoms with Crippen molar-refractivity contribution >= 4 is 0 Å². The molecule has 112 valence electrons. The van der Waals surface area contributed by atoms with Gasteiger partial charge in [-0.15, -0.1) is 0 Å². The van der Waals surface area contributed by atoms with E-state index in [2.05, 4.69) is 50.4 Å². The third-order valence-corrected chi connectivity index (χ3v) is 4.14. The van der Waals surface area contributed by atoms with Crippen LogP contribution in [0, 0.1) is 11.8 Å². The summed E-state index contributed by atoms with van der Waals surface area (Å²) in [6.45, 7) is 10.0. The van der Waals surface area contributed by atoms with E-state index in [9.17, 15) is 0 Å². The van der Waals surface area contributed by atoms with E-state index in [1.165, 1.54) is 24.8 Å². The van der Waals surface area contributed by atoms with E-state index in [-0.39, 0.29) is 0 Å². The molecule has 2 heteroatoms. The van der Waals surface area contributed by atoms with Crippen LogP contribution < -0.4 is 10.1 Å². The van der Waals surface area contributed by atoms with Crippen molar-refractivity contribution < 1.29 is 4.74 Å². The highest BCUT2D eigenvalue weighted by Gasteiger charge is 2.21. The third kappa shape index (κ3) is 4.52. The van der Waals surface area contributed by atoms with E-state index in [4.69, 9.17) is 4.74 Å². The molecule has 0 aromatic heterocycles. The number of rotatable bonds is 7. The second-order valence-electron chi connectivity index (χ2n) is 6.61. The number of ether oxygens (including phenoxy) is 1. The zero-order valence-electron chi connectivity index (χ0n) is 13.2. The molecule has 1 aliphatic heterocycles. The van der Waals surface area contributed by atoms with Gasteiger partial charge in [0.05, 0.1) is 6.61 Å². The average molecular weight is 275 g/mol. The summed E-state index contributed by atoms with van der Waals surface area (Å²) < 4.78 is 5.74. The van der Waals surface area contributed by atoms with Crippen LogP contribution in [0.25, 0.3) is 0 Å². The Morgan fingerprint density at radius 3 is 2.80 bits per heavy atom. The highest BCUT2D eigenvalue weighted by atomic mass is 16.5. The van der Waals surface area contributed by atoms with Gasteiger partial charge in [-0.1, -0.05) is 39.0 Å². The molecule has 0 spiro atoms. The fourth-order valence-corrected chi connectivity index (χ4v) is 2.92. The standard InChI is InChI=1S/C18H29NO/c1-14(2)12-19-13-15(3)8-9-16-10-11-20-18-7-5-4-6-17(16)18/h4-7,14-16,19H,8-13H2,1-3H3. The fourth-order valence-electron chi connectivity index (χ4n) is 2.92. The molecule has 0 fully saturated rings. The van der Waals surface area contributed by atoms with E-state index in [1.54, 1.807) is 0 Å². The zero-order chi connectivity index (χ0) is 14.4. The van der Waals surface area contributed by atoms with Crippen LogP contribution in [0.1, 0.15) is 51.5 Å². The quantitative estimate of drug-likeness (QED) is 0.804. The lowest BCUT2D eigenvalue weighted by Crippen LogP contribution is -2.25. The minimum Gasteiger partial charge on any atom is -0.493 e. The molecule has 2 unspecified atom stereocenters. The van der Waals surface area contributed by atoms with Crippen molar-refractivity contribution in [2.45, 2.75) is 46.0 Å². The molecule has 0 saturated heterocycles. The SMILES string of the molecule is CC(C)CNCC(C)CCC1CCOc2ccccc21. The number of para-hydroxylation sites is 1. The van der Waals surface area contributed by atoms with Gasteiger partial charge >= 0.3 is 0 Å². The van der Waals surface area contributed by atoms with Gasteiger partial charge < -0.3 is 10.1 Å². The van der Waals surface area contributed by atoms with Gasteiger partial charge in [0, 0.05) is 0 Å². The highest BCUT2D eigenvalue weighted by molar-refractivity contribution is 5.37. The van der Waals surface area contributed by atoms with Gasteiger partial charge in [-0.25, -0.2) is 0 Å². The Labute approximate surface area is 123 Å². The molecule has 2 nitrogen and oxygen atoms in total. The molecule has 0 saturated carbocycles. The Bertz CT molecular complexity index is 402. The lowest BCUT2D eigenvalue weighted by molar-refractivity contribution is 0.258. The van der Waals surface area contributed by atoms with Crippen molar-refractivity contribution in [1.29, 1.82) is 0 Å². The van der Waals surface area contributed by atoms with Gasteiger partial charge in [0.2, 0.25) is 0 Å². The van der Waals surface area contributed by atoms with Crippen LogP contribution >= 0.6 is 0 Å². The zero-order valence-corrected chi connectivity index (χ0v) is 13.2. The molecule has 1 N–H and O–H groups in total. The van der Waals surface area contributed by atoms with Crippen LogP contribution in [0.5, 0.6) is 5.75 Å². The van der Waals surface area contributed by atoms with Gasteiger partial charge in [-0.05, 0) is 61.7 Å². The van der Waals surface area contributed by atoms with E-state index >= 15 is 0 Å². The molecule has 2 atom stereocenters. The van der Waals surface area contributed by atoms with E-state index in [0.29, 0.717) is 5.92 Å². The summed E-state index contributed by atoms with van der Waals surface area (Å²) >= 11 is 0. The second-order valence-corrected chi connectivity index (χ2v) is 6.61. The summed E-state index contributed by atoms with van der Waals surface area (Å²) in [6.07, 6.45) is 3.75. The van der Waals surface area contributed by atoms with Crippen molar-refractivity contribution in [1.82, 2.24) is 5.32 Å². The van der Waals surface area contributed by atoms with Crippen LogP contribution in [0.3, 0.4) is 0 Å². The molecule has 1 aromatic rings. The predicted molar refractivity (Wildman–Crippen MR) is 85.4 cm³/mol. The van der Waals surface area contributed by atoms with Crippen molar-refractivity contribution in [3.8, 4) is 5.75 Å². The summed E-state index contributed by atoms with van der Waals surface area (Å²) in [6, 6.07) is 8.55. The van der Waals surface area contributed by atoms with Crippen molar-refractivity contribution in [2.75, 3.05) is 19.7 Å². The average Bonchev–Trinajstić information content (AvgIpc) is 2.44. The summed E-state index contributed by atoms with van der Waals surface area (Å²) in [5, 5.41) is 3.57. The fraction of sp³-hybridized carbons (Fsp3) is 0.667. The van der Waals surface area contributed by atoms with E-state index < -0.39 is 0 Å². The van der Waals surface area contributed by atoms with Crippen LogP contribution in [0.15, 0.2) is 24.3 Å². The molecular formula is C18H29NO. The van der Waals surface area contributed by atoms with Gasteiger partial charge in [0.1, 0.15) is 5.75 Å². The lowest BCUT2D eigenvalue weighted by atomic mass is 9.87. The van der Waals surface area contributed by atoms with Crippen LogP contribution in [0.2, 0.25) is 0 Å². The molecule has 1 aromatic carbocycles. The number of nitrogens with one attached hydrogen (secondary N) is 1. The van der Waals surface area contributed by atoms with Crippen molar-refractivity contribution in [3.63, 3.8) is 0 Å². The maximum Gasteiger partial charge on any atom is 0.122 e. The molecule has 0 radical (unpaired) electrons. The maximum atomic E-state index is 5.74. The van der Waals surface area contributed by atoms with Crippen molar-refractivity contribution in [2.24, 2.45) is 11.8 Å². The molecular weight excluding hydrogens is 246 g/mol. The number of hydrogen-bond acceptors (Lipinski definition) is 2. The molecule has 1 aliphatic rings. The summed E-state index contributed by atoms with van der Waals surface area (Å²) in [5.74, 6) is 3.29. The molecule has 0 amide bonds. The summed E-state index contributed by atoms with van der Waals surface area (Å²) in [5.41, 5.74) is 1.42. The first-order valence-electron chi connectivity index (χ1n) is 8.09. The Morgan fingerprint density at radius 1 is 1.20 bits per heavy atom. The van der Waals surface area contributed by atoms with Gasteiger partial charge in [0.15, 0.2) is 0 Å². The number of fused-ring (bicyclic) bond motifs is 1. The van der Waals surface area contributed by atoms with Gasteiger partial charge in [0.25, 0.3) is 0 Å². The van der Waals surface area contributed by atoms with Gasteiger partial charge in [-0.2, -0.15) is 0 Å². The number of hydrogen-bond donors (Lipinski definition) is 1. The molecule has 0 bridgehead atoms. The van der Waals surface area contributed by atoms with Crippen LogP contribution in [-0.4, -0.2) is 19.7 Å². The van der Waals surface area contributed by atoms with Crippen molar-refractivity contribution in [3.05, 3.63) is 29.8 Å². The first-order valence-corrected chi connectivity index (χ1v) is 8.09. The summed E-state index contributed by atoms with van der Waals surface area (Å²) in [4.78, 5) is 0. The Kier molecular flexibility index (Phi) is 5.90. The smallest absolute Gasteiger partial charge is 0.122 e. The van der Waals surface area contributed by atoms with Gasteiger partial charge in [-0.3, -0.25) is 0 Å². The maximum absolute atomic E-state index is 5.74. The minimum absolute atomic E-state index is 0.687. The number of benzene rings is 1. The monoisotopic (exact) mass is 275 g/mol. The first-order chi connectivity index (χ1) is 9.66. The van der Waals surface area contributed by atoms with E-state index in [0.717, 1.165) is 37.3 Å². The van der Waals surface area contributed by atoms with E-state index in [1.807, 2.05) is 0 Å². The Balaban J connectivity index is 1.77. The first kappa shape index (κ1) is 15.4.